The Hall–Kier alpha value is -2.99. The Labute approximate surface area is 179 Å². The summed E-state index contributed by atoms with van der Waals surface area (Å²) in [5.41, 5.74) is -1.26. The molecule has 3 atom stereocenters. The number of alkyl halides is 3. The number of hydrogen-bond donors (Lipinski definition) is 0. The van der Waals surface area contributed by atoms with Gasteiger partial charge >= 0.3 is 12.2 Å². The summed E-state index contributed by atoms with van der Waals surface area (Å²) < 4.78 is 80.6. The maximum absolute atomic E-state index is 14.2. The van der Waals surface area contributed by atoms with Crippen LogP contribution < -0.4 is 4.90 Å². The lowest BCUT2D eigenvalue weighted by molar-refractivity contribution is -0.137. The molecule has 168 valence electrons. The van der Waals surface area contributed by atoms with Crippen molar-refractivity contribution >= 4 is 27.6 Å². The van der Waals surface area contributed by atoms with Crippen molar-refractivity contribution in [3.63, 3.8) is 0 Å². The van der Waals surface area contributed by atoms with Crippen LogP contribution in [-0.2, 0) is 21.0 Å². The molecule has 0 aliphatic carbocycles. The zero-order chi connectivity index (χ0) is 23.0. The van der Waals surface area contributed by atoms with Crippen LogP contribution in [0.4, 0.5) is 28.0 Å². The van der Waals surface area contributed by atoms with Crippen LogP contribution in [0.2, 0.25) is 0 Å². The maximum atomic E-state index is 14.2. The predicted molar refractivity (Wildman–Crippen MR) is 102 cm³/mol. The normalized spacial score (nSPS) is 25.7. The van der Waals surface area contributed by atoms with E-state index in [1.165, 1.54) is 23.1 Å². The lowest BCUT2D eigenvalue weighted by Crippen LogP contribution is -2.54. The van der Waals surface area contributed by atoms with Crippen LogP contribution in [0.3, 0.4) is 0 Å². The molecular weight excluding hydrogens is 454 g/mol. The number of urea groups is 1. The van der Waals surface area contributed by atoms with Gasteiger partial charge in [-0.05, 0) is 36.8 Å². The standard InChI is InChI=1S/C20H15F4N3O4S/c21-14-6-1-2-7-16(14)32(30,31)25-10-13-9-15(25)17-18(28)27(19(29)26(13)17)12-5-3-4-11(8-12)20(22,23)24/h1-8,13,15,17H,9-10H2/t13?,15?,17-/m1/s1. The highest BCUT2D eigenvalue weighted by Gasteiger charge is 2.64. The Morgan fingerprint density at radius 1 is 1.00 bits per heavy atom. The average molecular weight is 469 g/mol. The molecule has 2 unspecified atom stereocenters. The van der Waals surface area contributed by atoms with Gasteiger partial charge in [-0.2, -0.15) is 17.5 Å². The topological polar surface area (TPSA) is 78.0 Å². The molecule has 2 aromatic carbocycles. The van der Waals surface area contributed by atoms with E-state index in [2.05, 4.69) is 0 Å². The molecule has 3 fully saturated rings. The first-order valence-corrected chi connectivity index (χ1v) is 11.1. The molecule has 12 heteroatoms. The highest BCUT2D eigenvalue weighted by Crippen LogP contribution is 2.45. The molecule has 0 radical (unpaired) electrons. The molecule has 0 spiro atoms. The van der Waals surface area contributed by atoms with Gasteiger partial charge in [-0.25, -0.2) is 22.5 Å². The van der Waals surface area contributed by atoms with Crippen LogP contribution in [-0.4, -0.2) is 54.2 Å². The monoisotopic (exact) mass is 469 g/mol. The smallest absolute Gasteiger partial charge is 0.306 e. The van der Waals surface area contributed by atoms with Gasteiger partial charge < -0.3 is 4.90 Å². The minimum absolute atomic E-state index is 0.132. The van der Waals surface area contributed by atoms with Crippen molar-refractivity contribution in [1.82, 2.24) is 9.21 Å². The summed E-state index contributed by atoms with van der Waals surface area (Å²) in [7, 11) is -4.29. The number of hydrogen-bond acceptors (Lipinski definition) is 4. The van der Waals surface area contributed by atoms with Crippen molar-refractivity contribution < 1.29 is 35.6 Å². The van der Waals surface area contributed by atoms with Crippen molar-refractivity contribution in [2.75, 3.05) is 11.4 Å². The van der Waals surface area contributed by atoms with Crippen molar-refractivity contribution in [1.29, 1.82) is 0 Å². The van der Waals surface area contributed by atoms with Crippen LogP contribution in [0, 0.1) is 5.82 Å². The Morgan fingerprint density at radius 3 is 2.41 bits per heavy atom. The second-order valence-electron chi connectivity index (χ2n) is 7.82. The third kappa shape index (κ3) is 2.85. The number of amides is 3. The number of nitrogens with zero attached hydrogens (tertiary/aromatic N) is 3. The van der Waals surface area contributed by atoms with Gasteiger partial charge in [0.15, 0.2) is 0 Å². The van der Waals surface area contributed by atoms with E-state index in [0.29, 0.717) is 11.0 Å². The maximum Gasteiger partial charge on any atom is 0.416 e. The van der Waals surface area contributed by atoms with Crippen molar-refractivity contribution in [3.05, 3.63) is 59.9 Å². The van der Waals surface area contributed by atoms with Crippen molar-refractivity contribution in [2.45, 2.75) is 35.6 Å². The van der Waals surface area contributed by atoms with Crippen LogP contribution in [0.5, 0.6) is 0 Å². The van der Waals surface area contributed by atoms with Crippen LogP contribution in [0.1, 0.15) is 12.0 Å². The van der Waals surface area contributed by atoms with Gasteiger partial charge in [0.2, 0.25) is 10.0 Å². The zero-order valence-corrected chi connectivity index (χ0v) is 17.0. The summed E-state index contributed by atoms with van der Waals surface area (Å²) in [5.74, 6) is -1.75. The third-order valence-corrected chi connectivity index (χ3v) is 8.00. The molecule has 2 bridgehead atoms. The summed E-state index contributed by atoms with van der Waals surface area (Å²) in [6.45, 7) is -0.132. The Balaban J connectivity index is 1.49. The second-order valence-corrected chi connectivity index (χ2v) is 9.68. The van der Waals surface area contributed by atoms with E-state index in [1.54, 1.807) is 0 Å². The fraction of sp³-hybridized carbons (Fsp3) is 0.300. The van der Waals surface area contributed by atoms with Gasteiger partial charge in [0, 0.05) is 12.6 Å². The van der Waals surface area contributed by atoms with Gasteiger partial charge in [-0.1, -0.05) is 18.2 Å². The third-order valence-electron chi connectivity index (χ3n) is 6.07. The van der Waals surface area contributed by atoms with E-state index in [4.69, 9.17) is 0 Å². The average Bonchev–Trinajstić information content (AvgIpc) is 3.39. The zero-order valence-electron chi connectivity index (χ0n) is 16.2. The van der Waals surface area contributed by atoms with Crippen LogP contribution >= 0.6 is 0 Å². The molecule has 3 amide bonds. The van der Waals surface area contributed by atoms with Gasteiger partial charge in [-0.3, -0.25) is 4.79 Å². The van der Waals surface area contributed by atoms with E-state index in [1.807, 2.05) is 0 Å². The number of halogens is 4. The van der Waals surface area contributed by atoms with E-state index in [9.17, 15) is 35.6 Å². The van der Waals surface area contributed by atoms with Gasteiger partial charge in [0.05, 0.1) is 17.3 Å². The molecule has 0 N–H and O–H groups in total. The number of rotatable bonds is 3. The molecule has 3 aliphatic heterocycles. The van der Waals surface area contributed by atoms with E-state index in [0.717, 1.165) is 28.6 Å². The second kappa shape index (κ2) is 6.75. The highest BCUT2D eigenvalue weighted by molar-refractivity contribution is 7.89. The summed E-state index contributed by atoms with van der Waals surface area (Å²) in [5, 5.41) is 0. The van der Waals surface area contributed by atoms with Crippen LogP contribution in [0.15, 0.2) is 53.4 Å². The fourth-order valence-electron chi connectivity index (χ4n) is 4.73. The molecule has 7 nitrogen and oxygen atoms in total. The van der Waals surface area contributed by atoms with Crippen LogP contribution in [0.25, 0.3) is 0 Å². The quantitative estimate of drug-likeness (QED) is 0.512. The van der Waals surface area contributed by atoms with E-state index >= 15 is 0 Å². The number of carbonyl (C=O) groups is 2. The molecule has 32 heavy (non-hydrogen) atoms. The highest BCUT2D eigenvalue weighted by atomic mass is 32.2. The minimum atomic E-state index is -4.67. The Kier molecular flexibility index (Phi) is 4.41. The van der Waals surface area contributed by atoms with E-state index in [-0.39, 0.29) is 18.7 Å². The number of sulfonamides is 1. The first-order chi connectivity index (χ1) is 15.0. The first kappa shape index (κ1) is 20.9. The summed E-state index contributed by atoms with van der Waals surface area (Å²) in [6.07, 6.45) is -4.48. The fourth-order valence-corrected chi connectivity index (χ4v) is 6.47. The number of benzene rings is 2. The predicted octanol–water partition coefficient (Wildman–Crippen LogP) is 2.83. The minimum Gasteiger partial charge on any atom is -0.306 e. The van der Waals surface area contributed by atoms with Crippen molar-refractivity contribution in [3.8, 4) is 0 Å². The number of anilines is 1. The first-order valence-electron chi connectivity index (χ1n) is 9.61. The summed E-state index contributed by atoms with van der Waals surface area (Å²) in [6, 6.07) is 5.11. The number of fused-ring (bicyclic) bond motifs is 5. The Bertz CT molecular complexity index is 1250. The lowest BCUT2D eigenvalue weighted by Gasteiger charge is -2.34. The largest absolute Gasteiger partial charge is 0.416 e. The molecule has 3 saturated heterocycles. The molecule has 3 aliphatic rings. The summed E-state index contributed by atoms with van der Waals surface area (Å²) >= 11 is 0. The Morgan fingerprint density at radius 2 is 1.72 bits per heavy atom. The molecular formula is C20H15F4N3O4S. The SMILES string of the molecule is O=C1[C@H]2C3CC(CN3S(=O)(=O)c3ccccc3F)N2C(=O)N1c1cccc(C(F)(F)F)c1. The number of imide groups is 1. The van der Waals surface area contributed by atoms with E-state index < -0.39 is 62.5 Å². The van der Waals surface area contributed by atoms with Gasteiger partial charge in [0.25, 0.3) is 5.91 Å². The molecule has 3 heterocycles. The van der Waals surface area contributed by atoms with Crippen molar-refractivity contribution in [2.24, 2.45) is 0 Å². The molecule has 0 saturated carbocycles. The van der Waals surface area contributed by atoms with Gasteiger partial charge in [0.1, 0.15) is 16.8 Å². The summed E-state index contributed by atoms with van der Waals surface area (Å²) in [4.78, 5) is 27.4. The number of carbonyl (C=O) groups excluding carboxylic acids is 2. The lowest BCUT2D eigenvalue weighted by atomic mass is 10.1. The molecule has 0 aromatic heterocycles. The van der Waals surface area contributed by atoms with Gasteiger partial charge in [-0.15, -0.1) is 0 Å². The molecule has 5 rings (SSSR count). The molecule has 2 aromatic rings. The number of piperazine rings is 1.